The molecule has 0 radical (unpaired) electrons. The number of allylic oxidation sites excluding steroid dienone is 2. The highest BCUT2D eigenvalue weighted by Gasteiger charge is 2.72. The molecule has 2 N–H and O–H groups in total. The molecule has 1 aliphatic heterocycles. The van der Waals surface area contributed by atoms with E-state index in [0.29, 0.717) is 19.3 Å². The monoisotopic (exact) mass is 514 g/mol. The first-order chi connectivity index (χ1) is 16.8. The Bertz CT molecular complexity index is 1110. The van der Waals surface area contributed by atoms with Crippen molar-refractivity contribution < 1.29 is 29.3 Å². The van der Waals surface area contributed by atoms with Gasteiger partial charge in [0, 0.05) is 11.8 Å². The highest BCUT2D eigenvalue weighted by atomic mass is 16.6. The number of ketones is 1. The predicted octanol–water partition coefficient (Wildman–Crippen LogP) is 6.17. The molecule has 6 nitrogen and oxygen atoms in total. The molecule has 37 heavy (non-hydrogen) atoms. The van der Waals surface area contributed by atoms with Gasteiger partial charge < -0.3 is 5.11 Å². The van der Waals surface area contributed by atoms with Crippen LogP contribution in [-0.4, -0.2) is 45.2 Å². The zero-order valence-electron chi connectivity index (χ0n) is 24.2. The molecule has 9 atom stereocenters. The van der Waals surface area contributed by atoms with Crippen LogP contribution in [0.2, 0.25) is 0 Å². The van der Waals surface area contributed by atoms with Crippen molar-refractivity contribution in [2.45, 2.75) is 112 Å². The molecule has 0 bridgehead atoms. The Balaban J connectivity index is 1.65. The van der Waals surface area contributed by atoms with Crippen molar-refractivity contribution >= 4 is 17.7 Å². The molecule has 1 heterocycles. The predicted molar refractivity (Wildman–Crippen MR) is 140 cm³/mol. The summed E-state index contributed by atoms with van der Waals surface area (Å²) in [4.78, 5) is 39.8. The maximum absolute atomic E-state index is 14.4. The van der Waals surface area contributed by atoms with Crippen molar-refractivity contribution in [2.24, 2.45) is 44.8 Å². The number of amides is 1. The Kier molecular flexibility index (Phi) is 5.53. The molecule has 4 aliphatic carbocycles. The minimum absolute atomic E-state index is 0.0256. The van der Waals surface area contributed by atoms with E-state index in [1.165, 1.54) is 5.57 Å². The highest BCUT2D eigenvalue weighted by molar-refractivity contribution is 5.96. The number of fused-ring (bicyclic) bond motifs is 7. The van der Waals surface area contributed by atoms with E-state index in [-0.39, 0.29) is 52.1 Å². The lowest BCUT2D eigenvalue weighted by Crippen LogP contribution is -2.69. The molecule has 1 unspecified atom stereocenters. The zero-order valence-corrected chi connectivity index (χ0v) is 24.2. The zero-order chi connectivity index (χ0) is 27.6. The largest absolute Gasteiger partial charge is 0.481 e. The fourth-order valence-electron chi connectivity index (χ4n) is 10.5. The van der Waals surface area contributed by atoms with Crippen LogP contribution in [-0.2, 0) is 14.4 Å². The van der Waals surface area contributed by atoms with Crippen LogP contribution in [0.25, 0.3) is 0 Å². The van der Waals surface area contributed by atoms with E-state index in [2.05, 4.69) is 27.7 Å². The number of nitrogens with zero attached hydrogens (tertiary/aromatic N) is 1. The molecule has 3 saturated carbocycles. The van der Waals surface area contributed by atoms with Crippen LogP contribution in [0.3, 0.4) is 0 Å². The van der Waals surface area contributed by atoms with Crippen LogP contribution >= 0.6 is 0 Å². The number of likely N-dealkylation sites (tertiary alicyclic amines) is 1. The Morgan fingerprint density at radius 3 is 2.19 bits per heavy atom. The summed E-state index contributed by atoms with van der Waals surface area (Å²) in [5.41, 5.74) is -1.12. The first kappa shape index (κ1) is 27.1. The fourth-order valence-corrected chi connectivity index (χ4v) is 10.5. The number of quaternary nitrogens is 1. The van der Waals surface area contributed by atoms with Crippen molar-refractivity contribution in [3.05, 3.63) is 11.6 Å². The van der Waals surface area contributed by atoms with Gasteiger partial charge in [0.2, 0.25) is 0 Å². The lowest BCUT2D eigenvalue weighted by Gasteiger charge is -2.68. The summed E-state index contributed by atoms with van der Waals surface area (Å²) in [5.74, 6) is -0.838. The van der Waals surface area contributed by atoms with Crippen LogP contribution in [0, 0.1) is 44.8 Å². The average molecular weight is 515 g/mol. The number of hydroxylamine groups is 3. The third-order valence-corrected chi connectivity index (χ3v) is 13.7. The third kappa shape index (κ3) is 3.15. The summed E-state index contributed by atoms with van der Waals surface area (Å²) in [6.07, 6.45) is 8.78. The number of carbonyl (C=O) groups excluding carboxylic acids is 2. The minimum atomic E-state index is -0.761. The lowest BCUT2D eigenvalue weighted by molar-refractivity contribution is -1.06. The van der Waals surface area contributed by atoms with Crippen LogP contribution in [0.15, 0.2) is 11.6 Å². The molecular weight excluding hydrogens is 466 g/mol. The Morgan fingerprint density at radius 2 is 1.57 bits per heavy atom. The first-order valence-electron chi connectivity index (χ1n) is 14.4. The summed E-state index contributed by atoms with van der Waals surface area (Å²) in [6.45, 7) is 15.1. The van der Waals surface area contributed by atoms with Gasteiger partial charge in [-0.1, -0.05) is 33.3 Å². The summed E-state index contributed by atoms with van der Waals surface area (Å²) in [7, 11) is 1.62. The first-order valence-corrected chi connectivity index (χ1v) is 14.4. The summed E-state index contributed by atoms with van der Waals surface area (Å²) in [5, 5.41) is 21.5. The van der Waals surface area contributed by atoms with Crippen LogP contribution in [0.5, 0.6) is 0 Å². The quantitative estimate of drug-likeness (QED) is 0.323. The number of rotatable bonds is 1. The summed E-state index contributed by atoms with van der Waals surface area (Å²) in [6, 6.07) is 0. The van der Waals surface area contributed by atoms with Gasteiger partial charge in [-0.2, -0.15) is 0 Å². The third-order valence-electron chi connectivity index (χ3n) is 13.7. The number of hydrogen-bond donors (Lipinski definition) is 2. The van der Waals surface area contributed by atoms with Crippen molar-refractivity contribution in [3.63, 3.8) is 0 Å². The normalized spacial score (nSPS) is 53.1. The molecule has 1 amide bonds. The van der Waals surface area contributed by atoms with E-state index in [9.17, 15) is 24.7 Å². The second-order valence-electron chi connectivity index (χ2n) is 15.6. The number of carboxylic acids is 1. The molecule has 4 fully saturated rings. The van der Waals surface area contributed by atoms with Gasteiger partial charge in [-0.25, -0.2) is 10.0 Å². The van der Waals surface area contributed by atoms with E-state index in [1.807, 2.05) is 26.8 Å². The topological polar surface area (TPSA) is 91.7 Å². The Morgan fingerprint density at radius 1 is 0.946 bits per heavy atom. The second-order valence-corrected chi connectivity index (χ2v) is 15.6. The minimum Gasteiger partial charge on any atom is -0.481 e. The standard InChI is InChI=1S/C31H47NO5/c1-26(2)22-9-12-31(7)24(29(22,5)11-10-23(34)32(26,8)37)21(33)17-19-20-18-28(4,25(35)36)14-13-27(20,3)15-16-30(19,31)6/h17,20,22,24,37H,9-16,18H2,1-8H3/p+1/t20-,22-,24+,27+,28-,29-,30+,31+,32?/m0/s1. The molecule has 1 saturated heterocycles. The van der Waals surface area contributed by atoms with Gasteiger partial charge in [0.1, 0.15) is 12.6 Å². The number of aliphatic carboxylic acids is 1. The molecule has 0 aromatic rings. The van der Waals surface area contributed by atoms with Crippen molar-refractivity contribution in [2.75, 3.05) is 7.05 Å². The number of carbonyl (C=O) groups is 3. The van der Waals surface area contributed by atoms with Gasteiger partial charge in [-0.3, -0.25) is 9.59 Å². The van der Waals surface area contributed by atoms with Crippen molar-refractivity contribution in [1.82, 2.24) is 0 Å². The molecule has 0 spiro atoms. The Hall–Kier alpha value is -1.53. The Labute approximate surface area is 222 Å². The molecule has 6 heteroatoms. The van der Waals surface area contributed by atoms with Crippen molar-refractivity contribution in [1.29, 1.82) is 0 Å². The lowest BCUT2D eigenvalue weighted by atomic mass is 9.35. The molecular formula is C31H48NO5+. The molecule has 0 aromatic heterocycles. The summed E-state index contributed by atoms with van der Waals surface area (Å²) < 4.78 is -0.628. The molecule has 206 valence electrons. The second kappa shape index (κ2) is 7.56. The number of carboxylic acid groups (broad SMARTS) is 1. The molecule has 5 aliphatic rings. The SMILES string of the molecule is CC1(C)[C@@H]2CC[C@]3(C)[C@H](C(=O)C=C4[C@@H]5C[C@@](C)(C(=O)O)CC[C@]5(C)CC[C@]43C)[C@@]2(C)CCC(=O)[N+]1(C)O. The van der Waals surface area contributed by atoms with Gasteiger partial charge in [-0.05, 0) is 106 Å². The van der Waals surface area contributed by atoms with E-state index in [0.717, 1.165) is 32.1 Å². The van der Waals surface area contributed by atoms with E-state index in [4.69, 9.17) is 0 Å². The van der Waals surface area contributed by atoms with E-state index < -0.39 is 27.0 Å². The number of hydrogen-bond acceptors (Lipinski definition) is 4. The van der Waals surface area contributed by atoms with Crippen LogP contribution in [0.1, 0.15) is 106 Å². The van der Waals surface area contributed by atoms with Gasteiger partial charge in [0.25, 0.3) is 0 Å². The molecule has 5 rings (SSSR count). The van der Waals surface area contributed by atoms with Gasteiger partial charge in [0.15, 0.2) is 5.78 Å². The molecule has 0 aromatic carbocycles. The van der Waals surface area contributed by atoms with E-state index in [1.54, 1.807) is 7.05 Å². The van der Waals surface area contributed by atoms with Gasteiger partial charge >= 0.3 is 11.9 Å². The van der Waals surface area contributed by atoms with Crippen LogP contribution in [0.4, 0.5) is 0 Å². The average Bonchev–Trinajstić information content (AvgIpc) is 2.84. The van der Waals surface area contributed by atoms with Crippen molar-refractivity contribution in [3.8, 4) is 0 Å². The smallest absolute Gasteiger partial charge is 0.345 e. The van der Waals surface area contributed by atoms with Gasteiger partial charge in [0.05, 0.1) is 11.8 Å². The van der Waals surface area contributed by atoms with Gasteiger partial charge in [-0.15, -0.1) is 4.65 Å². The fraction of sp³-hybridized carbons (Fsp3) is 0.839. The summed E-state index contributed by atoms with van der Waals surface area (Å²) >= 11 is 0. The highest BCUT2D eigenvalue weighted by Crippen LogP contribution is 2.74. The van der Waals surface area contributed by atoms with Crippen LogP contribution < -0.4 is 0 Å². The maximum Gasteiger partial charge on any atom is 0.345 e. The van der Waals surface area contributed by atoms with E-state index >= 15 is 0 Å². The maximum atomic E-state index is 14.4.